The summed E-state index contributed by atoms with van der Waals surface area (Å²) in [5.41, 5.74) is 2.93. The molecule has 3 rings (SSSR count). The molecule has 1 N–H and O–H groups in total. The van der Waals surface area contributed by atoms with E-state index in [4.69, 9.17) is 0 Å². The van der Waals surface area contributed by atoms with Gasteiger partial charge in [-0.3, -0.25) is 5.10 Å². The van der Waals surface area contributed by atoms with Crippen molar-refractivity contribution in [3.8, 4) is 11.3 Å². The molecule has 5 heteroatoms. The number of hydrogen-bond acceptors (Lipinski definition) is 1. The highest BCUT2D eigenvalue weighted by Gasteiger charge is 2.29. The Labute approximate surface area is 125 Å². The first-order valence-corrected chi connectivity index (χ1v) is 6.78. The van der Waals surface area contributed by atoms with Gasteiger partial charge in [-0.15, -0.1) is 0 Å². The van der Waals surface area contributed by atoms with E-state index in [1.54, 1.807) is 6.20 Å². The van der Waals surface area contributed by atoms with Crippen LogP contribution in [0.1, 0.15) is 16.7 Å². The highest BCUT2D eigenvalue weighted by Crippen LogP contribution is 2.30. The molecule has 0 bridgehead atoms. The average Bonchev–Trinajstić information content (AvgIpc) is 2.96. The molecule has 1 heterocycles. The van der Waals surface area contributed by atoms with Crippen LogP contribution < -0.4 is 0 Å². The van der Waals surface area contributed by atoms with E-state index in [-0.39, 0.29) is 0 Å². The predicted molar refractivity (Wildman–Crippen MR) is 78.3 cm³/mol. The van der Waals surface area contributed by atoms with Gasteiger partial charge >= 0.3 is 6.18 Å². The van der Waals surface area contributed by atoms with Gasteiger partial charge < -0.3 is 0 Å². The van der Waals surface area contributed by atoms with Gasteiger partial charge in [0.1, 0.15) is 0 Å². The number of hydrogen-bond donors (Lipinski definition) is 1. The Kier molecular flexibility index (Phi) is 3.71. The first-order valence-electron chi connectivity index (χ1n) is 6.78. The quantitative estimate of drug-likeness (QED) is 0.747. The minimum atomic E-state index is -4.30. The molecule has 2 aromatic carbocycles. The number of aromatic nitrogens is 2. The fourth-order valence-corrected chi connectivity index (χ4v) is 2.33. The van der Waals surface area contributed by atoms with Crippen LogP contribution in [0.4, 0.5) is 13.2 Å². The number of halogens is 3. The maximum absolute atomic E-state index is 12.6. The standard InChI is InChI=1S/C17H13F3N2/c18-17(19,20)15-8-6-12(7-9-15)10-14-11-21-22-16(14)13-4-2-1-3-5-13/h1-9,11H,10H2,(H,21,22). The van der Waals surface area contributed by atoms with Crippen LogP contribution in [-0.4, -0.2) is 10.2 Å². The summed E-state index contributed by atoms with van der Waals surface area (Å²) < 4.78 is 37.7. The molecular formula is C17H13F3N2. The van der Waals surface area contributed by atoms with Gasteiger partial charge in [-0.2, -0.15) is 18.3 Å². The van der Waals surface area contributed by atoms with Crippen molar-refractivity contribution in [1.82, 2.24) is 10.2 Å². The molecule has 3 aromatic rings. The molecule has 0 atom stereocenters. The first-order chi connectivity index (χ1) is 10.5. The zero-order valence-corrected chi connectivity index (χ0v) is 11.6. The summed E-state index contributed by atoms with van der Waals surface area (Å²) in [6, 6.07) is 14.9. The number of benzene rings is 2. The van der Waals surface area contributed by atoms with Crippen LogP contribution in [-0.2, 0) is 12.6 Å². The Hall–Kier alpha value is -2.56. The highest BCUT2D eigenvalue weighted by atomic mass is 19.4. The molecule has 0 saturated carbocycles. The summed E-state index contributed by atoms with van der Waals surface area (Å²) >= 11 is 0. The SMILES string of the molecule is FC(F)(F)c1ccc(Cc2c[nH]nc2-c2ccccc2)cc1. The van der Waals surface area contributed by atoms with Gasteiger partial charge in [-0.1, -0.05) is 42.5 Å². The van der Waals surface area contributed by atoms with Crippen LogP contribution in [0.5, 0.6) is 0 Å². The normalized spacial score (nSPS) is 11.6. The van der Waals surface area contributed by atoms with E-state index in [0.29, 0.717) is 6.42 Å². The van der Waals surface area contributed by atoms with Crippen LogP contribution in [0.2, 0.25) is 0 Å². The van der Waals surface area contributed by atoms with Gasteiger partial charge in [-0.05, 0) is 17.7 Å². The molecule has 0 amide bonds. The molecule has 0 radical (unpaired) electrons. The van der Waals surface area contributed by atoms with Crippen molar-refractivity contribution in [2.24, 2.45) is 0 Å². The summed E-state index contributed by atoms with van der Waals surface area (Å²) in [5, 5.41) is 7.06. The highest BCUT2D eigenvalue weighted by molar-refractivity contribution is 5.63. The third kappa shape index (κ3) is 3.03. The number of alkyl halides is 3. The van der Waals surface area contributed by atoms with E-state index < -0.39 is 11.7 Å². The molecule has 2 nitrogen and oxygen atoms in total. The average molecular weight is 302 g/mol. The number of rotatable bonds is 3. The largest absolute Gasteiger partial charge is 0.416 e. The second-order valence-electron chi connectivity index (χ2n) is 5.00. The molecule has 0 fully saturated rings. The van der Waals surface area contributed by atoms with Crippen molar-refractivity contribution < 1.29 is 13.2 Å². The summed E-state index contributed by atoms with van der Waals surface area (Å²) in [6.07, 6.45) is -2.00. The number of H-pyrrole nitrogens is 1. The van der Waals surface area contributed by atoms with Crippen LogP contribution in [0.15, 0.2) is 60.8 Å². The Balaban J connectivity index is 1.84. The van der Waals surface area contributed by atoms with Gasteiger partial charge in [-0.25, -0.2) is 0 Å². The van der Waals surface area contributed by atoms with Crippen molar-refractivity contribution in [3.05, 3.63) is 77.5 Å². The lowest BCUT2D eigenvalue weighted by molar-refractivity contribution is -0.137. The summed E-state index contributed by atoms with van der Waals surface area (Å²) in [5.74, 6) is 0. The Bertz CT molecular complexity index is 744. The van der Waals surface area contributed by atoms with E-state index in [1.165, 1.54) is 12.1 Å². The van der Waals surface area contributed by atoms with Gasteiger partial charge in [0.15, 0.2) is 0 Å². The minimum absolute atomic E-state index is 0.527. The van der Waals surface area contributed by atoms with Gasteiger partial charge in [0.05, 0.1) is 11.3 Å². The van der Waals surface area contributed by atoms with Crippen LogP contribution in [0, 0.1) is 0 Å². The summed E-state index contributed by atoms with van der Waals surface area (Å²) in [6.45, 7) is 0. The van der Waals surface area contributed by atoms with Crippen molar-refractivity contribution >= 4 is 0 Å². The molecule has 112 valence electrons. The second kappa shape index (κ2) is 5.67. The number of nitrogens with one attached hydrogen (secondary N) is 1. The molecule has 0 aliphatic carbocycles. The lowest BCUT2D eigenvalue weighted by Crippen LogP contribution is -2.04. The van der Waals surface area contributed by atoms with Crippen molar-refractivity contribution in [2.45, 2.75) is 12.6 Å². The molecule has 0 saturated heterocycles. The van der Waals surface area contributed by atoms with Crippen molar-refractivity contribution in [2.75, 3.05) is 0 Å². The molecule has 0 aliphatic heterocycles. The van der Waals surface area contributed by atoms with Crippen LogP contribution in [0.3, 0.4) is 0 Å². The van der Waals surface area contributed by atoms with E-state index in [9.17, 15) is 13.2 Å². The van der Waals surface area contributed by atoms with Crippen LogP contribution in [0.25, 0.3) is 11.3 Å². The van der Waals surface area contributed by atoms with Crippen molar-refractivity contribution in [3.63, 3.8) is 0 Å². The summed E-state index contributed by atoms with van der Waals surface area (Å²) in [7, 11) is 0. The zero-order valence-electron chi connectivity index (χ0n) is 11.6. The number of nitrogens with zero attached hydrogens (tertiary/aromatic N) is 1. The van der Waals surface area contributed by atoms with Crippen molar-refractivity contribution in [1.29, 1.82) is 0 Å². The molecular weight excluding hydrogens is 289 g/mol. The number of aromatic amines is 1. The maximum atomic E-state index is 12.6. The molecule has 0 spiro atoms. The molecule has 0 unspecified atom stereocenters. The Morgan fingerprint density at radius 3 is 2.23 bits per heavy atom. The summed E-state index contributed by atoms with van der Waals surface area (Å²) in [4.78, 5) is 0. The predicted octanol–water partition coefficient (Wildman–Crippen LogP) is 4.69. The second-order valence-corrected chi connectivity index (χ2v) is 5.00. The Morgan fingerprint density at radius 1 is 0.909 bits per heavy atom. The van der Waals surface area contributed by atoms with E-state index >= 15 is 0 Å². The van der Waals surface area contributed by atoms with E-state index in [1.807, 2.05) is 30.3 Å². The zero-order chi connectivity index (χ0) is 15.6. The topological polar surface area (TPSA) is 28.7 Å². The Morgan fingerprint density at radius 2 is 1.59 bits per heavy atom. The maximum Gasteiger partial charge on any atom is 0.416 e. The molecule has 0 aliphatic rings. The van der Waals surface area contributed by atoms with Gasteiger partial charge in [0.2, 0.25) is 0 Å². The van der Waals surface area contributed by atoms with Crippen LogP contribution >= 0.6 is 0 Å². The third-order valence-corrected chi connectivity index (χ3v) is 3.44. The monoisotopic (exact) mass is 302 g/mol. The molecule has 1 aromatic heterocycles. The third-order valence-electron chi connectivity index (χ3n) is 3.44. The minimum Gasteiger partial charge on any atom is -0.285 e. The van der Waals surface area contributed by atoms with Gasteiger partial charge in [0.25, 0.3) is 0 Å². The molecule has 22 heavy (non-hydrogen) atoms. The smallest absolute Gasteiger partial charge is 0.285 e. The lowest BCUT2D eigenvalue weighted by atomic mass is 10.0. The van der Waals surface area contributed by atoms with Gasteiger partial charge in [0, 0.05) is 23.7 Å². The first kappa shape index (κ1) is 14.4. The fourth-order valence-electron chi connectivity index (χ4n) is 2.33. The lowest BCUT2D eigenvalue weighted by Gasteiger charge is -2.08. The van der Waals surface area contributed by atoms with E-state index in [0.717, 1.165) is 34.5 Å². The van der Waals surface area contributed by atoms with E-state index in [2.05, 4.69) is 10.2 Å². The fraction of sp³-hybridized carbons (Fsp3) is 0.118.